The Kier molecular flexibility index (Phi) is 6.83. The molecule has 4 aromatic carbocycles. The molecule has 3 unspecified atom stereocenters. The number of hydrogen-bond donors (Lipinski definition) is 0. The van der Waals surface area contributed by atoms with Crippen molar-refractivity contribution in [1.82, 2.24) is 15.0 Å². The highest BCUT2D eigenvalue weighted by atomic mass is 16.5. The molecule has 0 bridgehead atoms. The molecule has 50 heavy (non-hydrogen) atoms. The van der Waals surface area contributed by atoms with Crippen molar-refractivity contribution >= 4 is 33.7 Å². The Hall–Kier alpha value is -6.07. The van der Waals surface area contributed by atoms with E-state index >= 15 is 0 Å². The first kappa shape index (κ1) is 28.9. The van der Waals surface area contributed by atoms with Gasteiger partial charge in [0.2, 0.25) is 0 Å². The Bertz CT molecular complexity index is 2350. The van der Waals surface area contributed by atoms with E-state index in [1.165, 1.54) is 28.1 Å². The first-order chi connectivity index (χ1) is 24.8. The van der Waals surface area contributed by atoms with Crippen LogP contribution in [0, 0.1) is 0 Å². The molecule has 10 rings (SSSR count). The lowest BCUT2D eigenvalue weighted by Gasteiger charge is -2.30. The molecule has 5 heteroatoms. The molecular weight excluding hydrogens is 613 g/mol. The molecular formula is C45H34N4O. The van der Waals surface area contributed by atoms with Crippen LogP contribution in [0.4, 0.5) is 11.4 Å². The van der Waals surface area contributed by atoms with E-state index in [1.807, 2.05) is 6.07 Å². The second kappa shape index (κ2) is 11.8. The van der Waals surface area contributed by atoms with Crippen molar-refractivity contribution in [3.05, 3.63) is 180 Å². The number of para-hydroxylation sites is 3. The molecule has 0 saturated heterocycles. The summed E-state index contributed by atoms with van der Waals surface area (Å²) in [4.78, 5) is 18.1. The number of rotatable bonds is 5. The Morgan fingerprint density at radius 1 is 0.700 bits per heavy atom. The number of allylic oxidation sites excluding steroid dienone is 8. The smallest absolute Gasteiger partial charge is 0.164 e. The van der Waals surface area contributed by atoms with Crippen LogP contribution in [0.5, 0.6) is 5.75 Å². The first-order valence-electron chi connectivity index (χ1n) is 17.5. The maximum Gasteiger partial charge on any atom is 0.164 e. The van der Waals surface area contributed by atoms with Crippen LogP contribution in [-0.4, -0.2) is 27.1 Å². The molecule has 3 atom stereocenters. The maximum absolute atomic E-state index is 6.40. The minimum absolute atomic E-state index is 0.0415. The van der Waals surface area contributed by atoms with Crippen LogP contribution in [0.2, 0.25) is 0 Å². The second-order valence-corrected chi connectivity index (χ2v) is 13.3. The molecule has 0 N–H and O–H groups in total. The Morgan fingerprint density at radius 2 is 1.48 bits per heavy atom. The molecule has 3 aliphatic carbocycles. The molecule has 2 aliphatic heterocycles. The highest BCUT2D eigenvalue weighted by Gasteiger charge is 2.40. The summed E-state index contributed by atoms with van der Waals surface area (Å²) in [7, 11) is 0. The zero-order valence-electron chi connectivity index (χ0n) is 27.5. The number of ether oxygens (including phenoxy) is 1. The summed E-state index contributed by atoms with van der Waals surface area (Å²) < 4.78 is 6.40. The fourth-order valence-corrected chi connectivity index (χ4v) is 8.14. The third-order valence-electron chi connectivity index (χ3n) is 10.4. The third kappa shape index (κ3) is 4.72. The van der Waals surface area contributed by atoms with Gasteiger partial charge in [0.15, 0.2) is 17.5 Å². The van der Waals surface area contributed by atoms with E-state index in [1.54, 1.807) is 0 Å². The van der Waals surface area contributed by atoms with Gasteiger partial charge in [-0.2, -0.15) is 0 Å². The molecule has 0 amide bonds. The molecule has 0 fully saturated rings. The van der Waals surface area contributed by atoms with E-state index in [-0.39, 0.29) is 18.1 Å². The Labute approximate surface area is 292 Å². The van der Waals surface area contributed by atoms with Crippen LogP contribution in [0.15, 0.2) is 152 Å². The van der Waals surface area contributed by atoms with Crippen LogP contribution >= 0.6 is 0 Å². The van der Waals surface area contributed by atoms with E-state index in [9.17, 15) is 0 Å². The van der Waals surface area contributed by atoms with E-state index in [2.05, 4.69) is 151 Å². The molecule has 0 spiro atoms. The highest BCUT2D eigenvalue weighted by Crippen LogP contribution is 2.53. The van der Waals surface area contributed by atoms with Gasteiger partial charge in [0, 0.05) is 45.9 Å². The summed E-state index contributed by atoms with van der Waals surface area (Å²) in [5.74, 6) is 3.17. The summed E-state index contributed by atoms with van der Waals surface area (Å²) >= 11 is 0. The minimum atomic E-state index is -0.0415. The van der Waals surface area contributed by atoms with Crippen LogP contribution in [0.1, 0.15) is 53.8 Å². The van der Waals surface area contributed by atoms with Gasteiger partial charge >= 0.3 is 0 Å². The van der Waals surface area contributed by atoms with Crippen LogP contribution < -0.4 is 9.64 Å². The van der Waals surface area contributed by atoms with Gasteiger partial charge in [-0.3, -0.25) is 0 Å². The molecule has 0 saturated carbocycles. The zero-order chi connectivity index (χ0) is 33.0. The summed E-state index contributed by atoms with van der Waals surface area (Å²) in [5.41, 5.74) is 11.6. The van der Waals surface area contributed by atoms with Crippen molar-refractivity contribution in [2.24, 2.45) is 0 Å². The van der Waals surface area contributed by atoms with Crippen molar-refractivity contribution < 1.29 is 4.74 Å². The van der Waals surface area contributed by atoms with Crippen LogP contribution in [0.3, 0.4) is 0 Å². The molecule has 1 aromatic heterocycles. The molecule has 5 nitrogen and oxygen atoms in total. The van der Waals surface area contributed by atoms with Gasteiger partial charge in [-0.1, -0.05) is 134 Å². The monoisotopic (exact) mass is 646 g/mol. The number of benzene rings is 4. The van der Waals surface area contributed by atoms with E-state index in [0.29, 0.717) is 11.6 Å². The molecule has 240 valence electrons. The van der Waals surface area contributed by atoms with Gasteiger partial charge in [0.05, 0.1) is 11.7 Å². The average molecular weight is 647 g/mol. The van der Waals surface area contributed by atoms with Gasteiger partial charge in [-0.15, -0.1) is 0 Å². The van der Waals surface area contributed by atoms with Gasteiger partial charge in [0.25, 0.3) is 0 Å². The third-order valence-corrected chi connectivity index (χ3v) is 10.4. The van der Waals surface area contributed by atoms with E-state index in [0.717, 1.165) is 58.7 Å². The number of anilines is 2. The van der Waals surface area contributed by atoms with Gasteiger partial charge in [0.1, 0.15) is 11.9 Å². The standard InChI is InChI=1S/C45H34N4O/c1-4-14-29(15-5-1)33-21-12-22-34-37-28-31(26-27-38(37)49(42(33)34)32-18-8-3-9-19-32)44-46-43(30-16-6-2-7-17-30)47-45(48-44)36-23-13-25-40-41(36)35-20-10-11-24-39(35)50-40/h1-6,8-16,18-24,26-28,37-38,40H,7,17,25H2. The van der Waals surface area contributed by atoms with E-state index < -0.39 is 0 Å². The molecule has 5 aliphatic rings. The fraction of sp³-hybridized carbons (Fsp3) is 0.133. The summed E-state index contributed by atoms with van der Waals surface area (Å²) in [5, 5.41) is 0. The van der Waals surface area contributed by atoms with Crippen molar-refractivity contribution in [1.29, 1.82) is 0 Å². The minimum Gasteiger partial charge on any atom is -0.485 e. The number of aromatic nitrogens is 3. The Balaban J connectivity index is 1.14. The average Bonchev–Trinajstić information content (AvgIpc) is 3.74. The highest BCUT2D eigenvalue weighted by molar-refractivity contribution is 6.00. The Morgan fingerprint density at radius 3 is 2.34 bits per heavy atom. The normalized spacial score (nSPS) is 21.2. The predicted molar refractivity (Wildman–Crippen MR) is 202 cm³/mol. The molecule has 5 aromatic rings. The second-order valence-electron chi connectivity index (χ2n) is 13.3. The largest absolute Gasteiger partial charge is 0.485 e. The van der Waals surface area contributed by atoms with Crippen molar-refractivity contribution in [2.75, 3.05) is 4.90 Å². The lowest BCUT2D eigenvalue weighted by Crippen LogP contribution is -2.29. The summed E-state index contributed by atoms with van der Waals surface area (Å²) in [6, 6.07) is 36.6. The summed E-state index contributed by atoms with van der Waals surface area (Å²) in [6.07, 6.45) is 20.4. The quantitative estimate of drug-likeness (QED) is 0.190. The van der Waals surface area contributed by atoms with Crippen LogP contribution in [-0.2, 0) is 0 Å². The fourth-order valence-electron chi connectivity index (χ4n) is 8.14. The number of nitrogens with zero attached hydrogens (tertiary/aromatic N) is 4. The van der Waals surface area contributed by atoms with Crippen LogP contribution in [0.25, 0.3) is 33.4 Å². The van der Waals surface area contributed by atoms with Crippen molar-refractivity contribution in [2.45, 2.75) is 37.3 Å². The summed E-state index contributed by atoms with van der Waals surface area (Å²) in [6.45, 7) is 0. The van der Waals surface area contributed by atoms with Crippen molar-refractivity contribution in [3.63, 3.8) is 0 Å². The first-order valence-corrected chi connectivity index (χ1v) is 17.5. The van der Waals surface area contributed by atoms with Gasteiger partial charge in [-0.25, -0.2) is 15.0 Å². The maximum atomic E-state index is 6.40. The number of fused-ring (bicyclic) bond motifs is 6. The topological polar surface area (TPSA) is 51.1 Å². The molecule has 3 heterocycles. The predicted octanol–water partition coefficient (Wildman–Crippen LogP) is 10.2. The van der Waals surface area contributed by atoms with E-state index in [4.69, 9.17) is 19.7 Å². The number of hydrogen-bond acceptors (Lipinski definition) is 5. The van der Waals surface area contributed by atoms with Crippen molar-refractivity contribution in [3.8, 4) is 16.9 Å². The molecule has 0 radical (unpaired) electrons. The lowest BCUT2D eigenvalue weighted by atomic mass is 9.87. The SMILES string of the molecule is C1=CCCC(c2nc(C3=CC4c5cccc(-c6ccccc6)c5N(c5ccccc5)C4C=C3)nc(C3=C4c5ccccc5OC4CC=C3)n2)=C1. The van der Waals surface area contributed by atoms with Gasteiger partial charge in [-0.05, 0) is 47.7 Å². The zero-order valence-corrected chi connectivity index (χ0v) is 27.5. The van der Waals surface area contributed by atoms with Gasteiger partial charge < -0.3 is 9.64 Å². The lowest BCUT2D eigenvalue weighted by molar-refractivity contribution is 0.279.